The summed E-state index contributed by atoms with van der Waals surface area (Å²) in [5.41, 5.74) is -0.812. The second-order valence-electron chi connectivity index (χ2n) is 6.97. The van der Waals surface area contributed by atoms with Crippen molar-refractivity contribution in [3.63, 3.8) is 0 Å². The summed E-state index contributed by atoms with van der Waals surface area (Å²) in [7, 11) is 0. The molecule has 3 heterocycles. The van der Waals surface area contributed by atoms with Gasteiger partial charge in [0, 0.05) is 18.4 Å². The SMILES string of the molecule is C[C@H]1CN(c2ccc(C(F)(F)F)cc2)C(=O)c2c(C(=O)Nc3ccncc3F)cnn21. The third-order valence-corrected chi connectivity index (χ3v) is 4.88. The lowest BCUT2D eigenvalue weighted by atomic mass is 10.1. The Labute approximate surface area is 173 Å². The fraction of sp³-hybridized carbons (Fsp3) is 0.200. The topological polar surface area (TPSA) is 80.1 Å². The van der Waals surface area contributed by atoms with E-state index in [1.54, 1.807) is 6.92 Å². The number of amides is 2. The van der Waals surface area contributed by atoms with Crippen molar-refractivity contribution < 1.29 is 27.2 Å². The van der Waals surface area contributed by atoms with Crippen LogP contribution >= 0.6 is 0 Å². The molecule has 3 aromatic rings. The highest BCUT2D eigenvalue weighted by atomic mass is 19.4. The highest BCUT2D eigenvalue weighted by molar-refractivity contribution is 6.15. The molecule has 4 rings (SSSR count). The Morgan fingerprint density at radius 1 is 1.16 bits per heavy atom. The molecule has 7 nitrogen and oxygen atoms in total. The average molecular weight is 433 g/mol. The van der Waals surface area contributed by atoms with E-state index in [4.69, 9.17) is 0 Å². The van der Waals surface area contributed by atoms with Crippen LogP contribution in [0.3, 0.4) is 0 Å². The first-order chi connectivity index (χ1) is 14.7. The molecular formula is C20H15F4N5O2. The van der Waals surface area contributed by atoms with E-state index in [2.05, 4.69) is 15.4 Å². The standard InChI is InChI=1S/C20H15F4N5O2/c1-11-10-28(13-4-2-12(3-5-13)20(22,23)24)19(31)17-14(8-26-29(11)17)18(30)27-16-6-7-25-9-15(16)21/h2-9,11H,10H2,1H3,(H,25,27,30)/t11-/m0/s1. The molecule has 2 amide bonds. The molecule has 0 fully saturated rings. The van der Waals surface area contributed by atoms with Crippen molar-refractivity contribution in [1.82, 2.24) is 14.8 Å². The van der Waals surface area contributed by atoms with Crippen molar-refractivity contribution in [2.24, 2.45) is 0 Å². The number of anilines is 2. The van der Waals surface area contributed by atoms with Gasteiger partial charge in [-0.25, -0.2) is 4.39 Å². The summed E-state index contributed by atoms with van der Waals surface area (Å²) in [5, 5.41) is 6.48. The lowest BCUT2D eigenvalue weighted by Crippen LogP contribution is -2.43. The summed E-state index contributed by atoms with van der Waals surface area (Å²) >= 11 is 0. The van der Waals surface area contributed by atoms with Crippen LogP contribution in [0, 0.1) is 5.82 Å². The summed E-state index contributed by atoms with van der Waals surface area (Å²) in [5.74, 6) is -2.10. The van der Waals surface area contributed by atoms with Crippen molar-refractivity contribution in [2.75, 3.05) is 16.8 Å². The van der Waals surface area contributed by atoms with Crippen LogP contribution in [0.1, 0.15) is 39.4 Å². The molecule has 1 atom stereocenters. The number of pyridine rings is 1. The minimum Gasteiger partial charge on any atom is -0.319 e. The van der Waals surface area contributed by atoms with Crippen molar-refractivity contribution in [2.45, 2.75) is 19.1 Å². The molecule has 0 spiro atoms. The van der Waals surface area contributed by atoms with E-state index < -0.39 is 29.4 Å². The van der Waals surface area contributed by atoms with Gasteiger partial charge in [-0.1, -0.05) is 0 Å². The molecule has 1 aromatic carbocycles. The Hall–Kier alpha value is -3.76. The number of alkyl halides is 3. The zero-order valence-electron chi connectivity index (χ0n) is 16.0. The number of carbonyl (C=O) groups excluding carboxylic acids is 2. The summed E-state index contributed by atoms with van der Waals surface area (Å²) in [6.45, 7) is 1.91. The number of carbonyl (C=O) groups is 2. The van der Waals surface area contributed by atoms with E-state index in [9.17, 15) is 27.2 Å². The zero-order chi connectivity index (χ0) is 22.3. The molecule has 0 saturated carbocycles. The van der Waals surface area contributed by atoms with Gasteiger partial charge in [-0.2, -0.15) is 18.3 Å². The lowest BCUT2D eigenvalue weighted by molar-refractivity contribution is -0.137. The quantitative estimate of drug-likeness (QED) is 0.636. The fourth-order valence-corrected chi connectivity index (χ4v) is 3.35. The molecule has 0 saturated heterocycles. The van der Waals surface area contributed by atoms with Crippen LogP contribution in [-0.4, -0.2) is 33.1 Å². The fourth-order valence-electron chi connectivity index (χ4n) is 3.35. The predicted molar refractivity (Wildman–Crippen MR) is 102 cm³/mol. The maximum Gasteiger partial charge on any atom is 0.416 e. The normalized spacial score (nSPS) is 16.2. The predicted octanol–water partition coefficient (Wildman–Crippen LogP) is 3.91. The van der Waals surface area contributed by atoms with Gasteiger partial charge in [0.25, 0.3) is 11.8 Å². The van der Waals surface area contributed by atoms with E-state index >= 15 is 0 Å². The average Bonchev–Trinajstić information content (AvgIpc) is 3.18. The lowest BCUT2D eigenvalue weighted by Gasteiger charge is -2.32. The number of nitrogens with one attached hydrogen (secondary N) is 1. The van der Waals surface area contributed by atoms with Crippen LogP contribution in [0.5, 0.6) is 0 Å². The molecule has 0 radical (unpaired) electrons. The van der Waals surface area contributed by atoms with Gasteiger partial charge in [0.2, 0.25) is 0 Å². The highest BCUT2D eigenvalue weighted by Crippen LogP contribution is 2.33. The van der Waals surface area contributed by atoms with Gasteiger partial charge in [-0.05, 0) is 37.3 Å². The van der Waals surface area contributed by atoms with E-state index in [1.165, 1.54) is 40.2 Å². The van der Waals surface area contributed by atoms with E-state index in [-0.39, 0.29) is 35.2 Å². The molecule has 1 aliphatic heterocycles. The number of benzene rings is 1. The third kappa shape index (κ3) is 3.74. The molecule has 0 bridgehead atoms. The Balaban J connectivity index is 1.66. The number of hydrogen-bond acceptors (Lipinski definition) is 4. The number of rotatable bonds is 3. The zero-order valence-corrected chi connectivity index (χ0v) is 16.0. The second kappa shape index (κ2) is 7.49. The summed E-state index contributed by atoms with van der Waals surface area (Å²) in [6.07, 6.45) is -1.06. The van der Waals surface area contributed by atoms with Crippen LogP contribution in [0.15, 0.2) is 48.9 Å². The van der Waals surface area contributed by atoms with Gasteiger partial charge in [-0.15, -0.1) is 0 Å². The van der Waals surface area contributed by atoms with Crippen LogP contribution in [0.25, 0.3) is 0 Å². The largest absolute Gasteiger partial charge is 0.416 e. The Bertz CT molecular complexity index is 1160. The molecule has 1 N–H and O–H groups in total. The van der Waals surface area contributed by atoms with Gasteiger partial charge in [-0.3, -0.25) is 19.3 Å². The van der Waals surface area contributed by atoms with Crippen LogP contribution < -0.4 is 10.2 Å². The number of fused-ring (bicyclic) bond motifs is 1. The Morgan fingerprint density at radius 3 is 2.52 bits per heavy atom. The van der Waals surface area contributed by atoms with Crippen molar-refractivity contribution in [3.8, 4) is 0 Å². The Morgan fingerprint density at radius 2 is 1.87 bits per heavy atom. The van der Waals surface area contributed by atoms with Crippen molar-refractivity contribution in [1.29, 1.82) is 0 Å². The number of aromatic nitrogens is 3. The molecule has 0 aliphatic carbocycles. The van der Waals surface area contributed by atoms with E-state index in [0.717, 1.165) is 18.3 Å². The summed E-state index contributed by atoms with van der Waals surface area (Å²) in [4.78, 5) is 30.7. The number of nitrogens with zero attached hydrogens (tertiary/aromatic N) is 4. The summed E-state index contributed by atoms with van der Waals surface area (Å²) in [6, 6.07) is 5.09. The number of hydrogen-bond donors (Lipinski definition) is 1. The van der Waals surface area contributed by atoms with E-state index in [1.807, 2.05) is 0 Å². The molecule has 160 valence electrons. The first-order valence-electron chi connectivity index (χ1n) is 9.14. The van der Waals surface area contributed by atoms with Crippen LogP contribution in [0.2, 0.25) is 0 Å². The first-order valence-corrected chi connectivity index (χ1v) is 9.14. The van der Waals surface area contributed by atoms with Crippen LogP contribution in [0.4, 0.5) is 28.9 Å². The highest BCUT2D eigenvalue weighted by Gasteiger charge is 2.36. The summed E-state index contributed by atoms with van der Waals surface area (Å²) < 4.78 is 53.7. The number of halogens is 4. The first kappa shape index (κ1) is 20.5. The second-order valence-corrected chi connectivity index (χ2v) is 6.97. The minimum atomic E-state index is -4.50. The third-order valence-electron chi connectivity index (χ3n) is 4.88. The van der Waals surface area contributed by atoms with Gasteiger partial charge in [0.05, 0.1) is 35.2 Å². The van der Waals surface area contributed by atoms with Gasteiger partial charge in [0.15, 0.2) is 5.82 Å². The Kier molecular flexibility index (Phi) is 4.96. The molecule has 1 aliphatic rings. The molecule has 0 unspecified atom stereocenters. The minimum absolute atomic E-state index is 0.0365. The molecule has 11 heteroatoms. The maximum atomic E-state index is 13.8. The van der Waals surface area contributed by atoms with Gasteiger partial charge in [0.1, 0.15) is 5.69 Å². The monoisotopic (exact) mass is 433 g/mol. The molecule has 31 heavy (non-hydrogen) atoms. The van der Waals surface area contributed by atoms with Crippen LogP contribution in [-0.2, 0) is 6.18 Å². The van der Waals surface area contributed by atoms with Gasteiger partial charge >= 0.3 is 6.18 Å². The van der Waals surface area contributed by atoms with Crippen molar-refractivity contribution in [3.05, 3.63) is 71.6 Å². The molecule has 2 aromatic heterocycles. The van der Waals surface area contributed by atoms with E-state index in [0.29, 0.717) is 0 Å². The molecular weight excluding hydrogens is 418 g/mol. The van der Waals surface area contributed by atoms with Crippen molar-refractivity contribution >= 4 is 23.2 Å². The maximum absolute atomic E-state index is 13.8. The van der Waals surface area contributed by atoms with Gasteiger partial charge < -0.3 is 10.2 Å². The smallest absolute Gasteiger partial charge is 0.319 e.